The molecule has 0 saturated carbocycles. The zero-order valence-corrected chi connectivity index (χ0v) is 17.8. The molecular formula is C20H25N3O6S. The first-order valence-electron chi connectivity index (χ1n) is 9.23. The van der Waals surface area contributed by atoms with Crippen molar-refractivity contribution < 1.29 is 27.5 Å². The van der Waals surface area contributed by atoms with Crippen LogP contribution in [0.2, 0.25) is 0 Å². The number of aryl methyl sites for hydroxylation is 1. The van der Waals surface area contributed by atoms with Crippen LogP contribution in [-0.2, 0) is 14.8 Å². The normalized spacial score (nSPS) is 10.8. The Morgan fingerprint density at radius 2 is 1.67 bits per heavy atom. The number of hydrogen-bond donors (Lipinski definition) is 3. The molecule has 0 aliphatic carbocycles. The molecule has 2 rings (SSSR count). The summed E-state index contributed by atoms with van der Waals surface area (Å²) in [5, 5.41) is 5.13. The van der Waals surface area contributed by atoms with Crippen LogP contribution in [0, 0.1) is 6.92 Å². The maximum Gasteiger partial charge on any atom is 0.407 e. The molecule has 2 aromatic rings. The molecule has 30 heavy (non-hydrogen) atoms. The summed E-state index contributed by atoms with van der Waals surface area (Å²) in [6.07, 6.45) is -0.569. The molecule has 0 heterocycles. The third-order valence-electron chi connectivity index (χ3n) is 4.06. The van der Waals surface area contributed by atoms with Gasteiger partial charge in [-0.15, -0.1) is 0 Å². The zero-order valence-electron chi connectivity index (χ0n) is 17.0. The van der Waals surface area contributed by atoms with Crippen molar-refractivity contribution in [2.24, 2.45) is 0 Å². The molecule has 0 spiro atoms. The smallest absolute Gasteiger partial charge is 0.407 e. The van der Waals surface area contributed by atoms with Crippen LogP contribution in [-0.4, -0.2) is 47.2 Å². The van der Waals surface area contributed by atoms with Crippen LogP contribution in [0.4, 0.5) is 10.5 Å². The summed E-state index contributed by atoms with van der Waals surface area (Å²) in [6.45, 7) is 4.00. The SMILES string of the molecule is CCOC(=O)NCCNC(=O)c1cc(S(=O)(=O)Nc2ccc(OC)cc2)ccc1C. The van der Waals surface area contributed by atoms with Crippen molar-refractivity contribution >= 4 is 27.7 Å². The van der Waals surface area contributed by atoms with Crippen LogP contribution in [0.3, 0.4) is 0 Å². The molecule has 2 aromatic carbocycles. The summed E-state index contributed by atoms with van der Waals surface area (Å²) in [7, 11) is -2.37. The van der Waals surface area contributed by atoms with Gasteiger partial charge in [0.2, 0.25) is 0 Å². The Hall–Kier alpha value is -3.27. The van der Waals surface area contributed by atoms with E-state index in [1.807, 2.05) is 0 Å². The van der Waals surface area contributed by atoms with Crippen molar-refractivity contribution in [2.45, 2.75) is 18.7 Å². The lowest BCUT2D eigenvalue weighted by Crippen LogP contribution is -2.35. The van der Waals surface area contributed by atoms with E-state index in [4.69, 9.17) is 9.47 Å². The second-order valence-corrected chi connectivity index (χ2v) is 7.90. The predicted octanol–water partition coefficient (Wildman–Crippen LogP) is 2.28. The molecule has 0 saturated heterocycles. The van der Waals surface area contributed by atoms with Crippen molar-refractivity contribution in [3.63, 3.8) is 0 Å². The van der Waals surface area contributed by atoms with E-state index < -0.39 is 22.0 Å². The third-order valence-corrected chi connectivity index (χ3v) is 5.44. The highest BCUT2D eigenvalue weighted by Gasteiger charge is 2.18. The van der Waals surface area contributed by atoms with Gasteiger partial charge in [-0.2, -0.15) is 0 Å². The highest BCUT2D eigenvalue weighted by molar-refractivity contribution is 7.92. The second-order valence-electron chi connectivity index (χ2n) is 6.21. The number of hydrogen-bond acceptors (Lipinski definition) is 6. The monoisotopic (exact) mass is 435 g/mol. The molecule has 0 fully saturated rings. The fourth-order valence-corrected chi connectivity index (χ4v) is 3.59. The molecule has 0 radical (unpaired) electrons. The topological polar surface area (TPSA) is 123 Å². The summed E-state index contributed by atoms with van der Waals surface area (Å²) < 4.78 is 37.7. The van der Waals surface area contributed by atoms with Crippen molar-refractivity contribution in [1.82, 2.24) is 10.6 Å². The number of nitrogens with one attached hydrogen (secondary N) is 3. The average Bonchev–Trinajstić information content (AvgIpc) is 2.71. The molecule has 0 bridgehead atoms. The van der Waals surface area contributed by atoms with Crippen LogP contribution < -0.4 is 20.1 Å². The number of rotatable bonds is 9. The van der Waals surface area contributed by atoms with E-state index >= 15 is 0 Å². The van der Waals surface area contributed by atoms with E-state index in [2.05, 4.69) is 15.4 Å². The van der Waals surface area contributed by atoms with Gasteiger partial charge in [0.25, 0.3) is 15.9 Å². The number of carbonyl (C=O) groups is 2. The number of amides is 2. The van der Waals surface area contributed by atoms with E-state index in [-0.39, 0.29) is 30.2 Å². The second kappa shape index (κ2) is 10.5. The zero-order chi connectivity index (χ0) is 22.1. The van der Waals surface area contributed by atoms with Crippen LogP contribution in [0.15, 0.2) is 47.4 Å². The van der Waals surface area contributed by atoms with Crippen molar-refractivity contribution in [3.8, 4) is 5.75 Å². The number of methoxy groups -OCH3 is 1. The summed E-state index contributed by atoms with van der Waals surface area (Å²) in [5.41, 5.74) is 1.21. The molecule has 0 aromatic heterocycles. The van der Waals surface area contributed by atoms with Gasteiger partial charge in [-0.3, -0.25) is 9.52 Å². The van der Waals surface area contributed by atoms with E-state index in [9.17, 15) is 18.0 Å². The lowest BCUT2D eigenvalue weighted by atomic mass is 10.1. The fourth-order valence-electron chi connectivity index (χ4n) is 2.50. The van der Waals surface area contributed by atoms with Gasteiger partial charge in [-0.05, 0) is 55.8 Å². The number of sulfonamides is 1. The quantitative estimate of drug-likeness (QED) is 0.520. The lowest BCUT2D eigenvalue weighted by molar-refractivity contribution is 0.0951. The number of ether oxygens (including phenoxy) is 2. The summed E-state index contributed by atoms with van der Waals surface area (Å²) >= 11 is 0. The first-order valence-corrected chi connectivity index (χ1v) is 10.7. The van der Waals surface area contributed by atoms with Crippen molar-refractivity contribution in [1.29, 1.82) is 0 Å². The lowest BCUT2D eigenvalue weighted by Gasteiger charge is -2.12. The summed E-state index contributed by atoms with van der Waals surface area (Å²) in [6, 6.07) is 10.7. The third kappa shape index (κ3) is 6.38. The minimum absolute atomic E-state index is 0.0429. The van der Waals surface area contributed by atoms with Gasteiger partial charge in [0.05, 0.1) is 18.6 Å². The Morgan fingerprint density at radius 3 is 2.30 bits per heavy atom. The molecule has 9 nitrogen and oxygen atoms in total. The van der Waals surface area contributed by atoms with E-state index in [1.54, 1.807) is 44.2 Å². The minimum atomic E-state index is -3.89. The van der Waals surface area contributed by atoms with Gasteiger partial charge >= 0.3 is 6.09 Å². The average molecular weight is 436 g/mol. The van der Waals surface area contributed by atoms with Gasteiger partial charge in [-0.1, -0.05) is 6.07 Å². The Balaban J connectivity index is 2.07. The first-order chi connectivity index (χ1) is 14.3. The predicted molar refractivity (Wildman–Crippen MR) is 112 cm³/mol. The van der Waals surface area contributed by atoms with Crippen LogP contribution in [0.5, 0.6) is 5.75 Å². The highest BCUT2D eigenvalue weighted by atomic mass is 32.2. The van der Waals surface area contributed by atoms with Gasteiger partial charge in [-0.25, -0.2) is 13.2 Å². The van der Waals surface area contributed by atoms with Crippen molar-refractivity contribution in [2.75, 3.05) is 31.5 Å². The van der Waals surface area contributed by atoms with Gasteiger partial charge in [0, 0.05) is 24.3 Å². The largest absolute Gasteiger partial charge is 0.497 e. The summed E-state index contributed by atoms with van der Waals surface area (Å²) in [5.74, 6) is 0.157. The molecule has 0 atom stereocenters. The Morgan fingerprint density at radius 1 is 1.00 bits per heavy atom. The first kappa shape index (κ1) is 23.0. The molecule has 0 unspecified atom stereocenters. The maximum atomic E-state index is 12.7. The number of carbonyl (C=O) groups excluding carboxylic acids is 2. The van der Waals surface area contributed by atoms with E-state index in [0.29, 0.717) is 17.0 Å². The van der Waals surface area contributed by atoms with E-state index in [1.165, 1.54) is 19.2 Å². The number of alkyl carbamates (subject to hydrolysis) is 1. The summed E-state index contributed by atoms with van der Waals surface area (Å²) in [4.78, 5) is 23.6. The Kier molecular flexibility index (Phi) is 8.05. The molecule has 10 heteroatoms. The highest BCUT2D eigenvalue weighted by Crippen LogP contribution is 2.21. The molecule has 162 valence electrons. The molecule has 2 amide bonds. The fraction of sp³-hybridized carbons (Fsp3) is 0.300. The van der Waals surface area contributed by atoms with E-state index in [0.717, 1.165) is 0 Å². The molecule has 3 N–H and O–H groups in total. The van der Waals surface area contributed by atoms with Gasteiger partial charge in [0.1, 0.15) is 5.75 Å². The van der Waals surface area contributed by atoms with Crippen LogP contribution in [0.1, 0.15) is 22.8 Å². The Labute approximate surface area is 175 Å². The van der Waals surface area contributed by atoms with Crippen LogP contribution in [0.25, 0.3) is 0 Å². The number of benzene rings is 2. The standard InChI is InChI=1S/C20H25N3O6S/c1-4-29-20(25)22-12-11-21-19(24)18-13-17(10-5-14(18)2)30(26,27)23-15-6-8-16(28-3)9-7-15/h5-10,13,23H,4,11-12H2,1-3H3,(H,21,24)(H,22,25). The van der Waals surface area contributed by atoms with Crippen molar-refractivity contribution in [3.05, 3.63) is 53.6 Å². The molecule has 0 aliphatic rings. The van der Waals surface area contributed by atoms with Gasteiger partial charge in [0.15, 0.2) is 0 Å². The van der Waals surface area contributed by atoms with Crippen LogP contribution >= 0.6 is 0 Å². The maximum absolute atomic E-state index is 12.7. The Bertz CT molecular complexity index is 990. The van der Waals surface area contributed by atoms with Gasteiger partial charge < -0.3 is 20.1 Å². The minimum Gasteiger partial charge on any atom is -0.497 e. The molecule has 0 aliphatic heterocycles. The molecular weight excluding hydrogens is 410 g/mol. The number of anilines is 1.